The van der Waals surface area contributed by atoms with Crippen LogP contribution in [-0.2, 0) is 4.74 Å². The number of methoxy groups -OCH3 is 1. The first-order valence-electron chi connectivity index (χ1n) is 6.90. The molecule has 1 saturated carbocycles. The van der Waals surface area contributed by atoms with E-state index in [-0.39, 0.29) is 17.2 Å². The summed E-state index contributed by atoms with van der Waals surface area (Å²) in [5.74, 6) is -1.01. The Kier molecular flexibility index (Phi) is 4.47. The molecule has 6 heteroatoms. The number of aromatic carboxylic acids is 1. The van der Waals surface area contributed by atoms with E-state index in [1.807, 2.05) is 0 Å². The number of hydrogen-bond donors (Lipinski definition) is 3. The summed E-state index contributed by atoms with van der Waals surface area (Å²) in [6.07, 6.45) is 2.99. The van der Waals surface area contributed by atoms with Crippen LogP contribution in [0.25, 0.3) is 0 Å². The highest BCUT2D eigenvalue weighted by atomic mass is 16.5. The number of benzene rings is 1. The van der Waals surface area contributed by atoms with Gasteiger partial charge in [-0.1, -0.05) is 6.07 Å². The molecule has 21 heavy (non-hydrogen) atoms. The number of carbonyl (C=O) groups is 2. The lowest BCUT2D eigenvalue weighted by molar-refractivity contribution is -0.0671. The first-order chi connectivity index (χ1) is 9.96. The molecule has 2 rings (SSSR count). The van der Waals surface area contributed by atoms with Crippen molar-refractivity contribution in [3.8, 4) is 0 Å². The summed E-state index contributed by atoms with van der Waals surface area (Å²) in [7, 11) is 1.65. The number of aryl methyl sites for hydroxylation is 1. The third-order valence-corrected chi connectivity index (χ3v) is 3.99. The van der Waals surface area contributed by atoms with E-state index in [0.29, 0.717) is 17.8 Å². The topological polar surface area (TPSA) is 87.7 Å². The van der Waals surface area contributed by atoms with Crippen molar-refractivity contribution in [2.75, 3.05) is 19.0 Å². The monoisotopic (exact) mass is 292 g/mol. The largest absolute Gasteiger partial charge is 0.478 e. The van der Waals surface area contributed by atoms with Crippen molar-refractivity contribution in [1.82, 2.24) is 5.32 Å². The second kappa shape index (κ2) is 6.13. The van der Waals surface area contributed by atoms with Gasteiger partial charge in [0.05, 0.1) is 11.2 Å². The van der Waals surface area contributed by atoms with Gasteiger partial charge in [0.15, 0.2) is 0 Å². The molecule has 0 heterocycles. The first kappa shape index (κ1) is 15.3. The highest BCUT2D eigenvalue weighted by molar-refractivity contribution is 5.94. The number of rotatable bonds is 5. The third-order valence-electron chi connectivity index (χ3n) is 3.99. The highest BCUT2D eigenvalue weighted by Crippen LogP contribution is 2.34. The lowest BCUT2D eigenvalue weighted by Gasteiger charge is -2.40. The van der Waals surface area contributed by atoms with Gasteiger partial charge in [0.25, 0.3) is 0 Å². The zero-order valence-electron chi connectivity index (χ0n) is 12.2. The maximum atomic E-state index is 11.9. The van der Waals surface area contributed by atoms with Crippen molar-refractivity contribution >= 4 is 17.7 Å². The third kappa shape index (κ3) is 3.52. The summed E-state index contributed by atoms with van der Waals surface area (Å²) < 4.78 is 5.42. The van der Waals surface area contributed by atoms with Crippen LogP contribution < -0.4 is 10.6 Å². The molecule has 114 valence electrons. The van der Waals surface area contributed by atoms with Gasteiger partial charge in [-0.15, -0.1) is 0 Å². The van der Waals surface area contributed by atoms with Crippen LogP contribution in [0.1, 0.15) is 35.2 Å². The summed E-state index contributed by atoms with van der Waals surface area (Å²) in [5.41, 5.74) is 1.05. The van der Waals surface area contributed by atoms with Crippen molar-refractivity contribution < 1.29 is 19.4 Å². The zero-order chi connectivity index (χ0) is 15.5. The maximum absolute atomic E-state index is 11.9. The Morgan fingerprint density at radius 1 is 1.38 bits per heavy atom. The predicted molar refractivity (Wildman–Crippen MR) is 78.8 cm³/mol. The van der Waals surface area contributed by atoms with E-state index in [2.05, 4.69) is 10.6 Å². The summed E-state index contributed by atoms with van der Waals surface area (Å²) in [5, 5.41) is 14.5. The Morgan fingerprint density at radius 3 is 2.62 bits per heavy atom. The van der Waals surface area contributed by atoms with Crippen LogP contribution in [0.15, 0.2) is 18.2 Å². The molecule has 3 N–H and O–H groups in total. The van der Waals surface area contributed by atoms with Gasteiger partial charge in [-0.3, -0.25) is 0 Å². The van der Waals surface area contributed by atoms with Crippen molar-refractivity contribution in [3.05, 3.63) is 29.3 Å². The van der Waals surface area contributed by atoms with Crippen molar-refractivity contribution in [3.63, 3.8) is 0 Å². The van der Waals surface area contributed by atoms with Crippen molar-refractivity contribution in [1.29, 1.82) is 0 Å². The minimum atomic E-state index is -1.01. The minimum Gasteiger partial charge on any atom is -0.478 e. The quantitative estimate of drug-likeness (QED) is 0.777. The van der Waals surface area contributed by atoms with E-state index >= 15 is 0 Å². The number of amides is 2. The number of carboxylic acids is 1. The molecule has 1 aliphatic rings. The zero-order valence-corrected chi connectivity index (χ0v) is 12.2. The average Bonchev–Trinajstić information content (AvgIpc) is 2.40. The molecule has 2 amide bonds. The molecule has 0 unspecified atom stereocenters. The molecule has 0 aromatic heterocycles. The van der Waals surface area contributed by atoms with Crippen LogP contribution in [0, 0.1) is 6.92 Å². The number of carbonyl (C=O) groups excluding carboxylic acids is 1. The van der Waals surface area contributed by atoms with Crippen LogP contribution in [0.2, 0.25) is 0 Å². The predicted octanol–water partition coefficient (Wildman–Crippen LogP) is 2.38. The van der Waals surface area contributed by atoms with E-state index in [9.17, 15) is 9.59 Å². The minimum absolute atomic E-state index is 0.181. The first-order valence-corrected chi connectivity index (χ1v) is 6.90. The summed E-state index contributed by atoms with van der Waals surface area (Å²) in [6, 6.07) is 4.43. The lowest BCUT2D eigenvalue weighted by atomic mass is 9.80. The molecule has 0 atom stereocenters. The van der Waals surface area contributed by atoms with Crippen LogP contribution >= 0.6 is 0 Å². The SMILES string of the molecule is COC1(CNC(=O)Nc2ccc(C)c(C(=O)O)c2)CCC1. The van der Waals surface area contributed by atoms with Crippen LogP contribution in [0.4, 0.5) is 10.5 Å². The van der Waals surface area contributed by atoms with Gasteiger partial charge in [0.1, 0.15) is 0 Å². The van der Waals surface area contributed by atoms with Crippen molar-refractivity contribution in [2.45, 2.75) is 31.8 Å². The molecule has 1 aromatic carbocycles. The van der Waals surface area contributed by atoms with E-state index in [1.165, 1.54) is 6.07 Å². The summed E-state index contributed by atoms with van der Waals surface area (Å²) in [6.45, 7) is 2.17. The molecule has 6 nitrogen and oxygen atoms in total. The normalized spacial score (nSPS) is 15.9. The van der Waals surface area contributed by atoms with E-state index in [0.717, 1.165) is 19.3 Å². The Morgan fingerprint density at radius 2 is 2.10 bits per heavy atom. The molecule has 0 aliphatic heterocycles. The molecule has 1 fully saturated rings. The number of hydrogen-bond acceptors (Lipinski definition) is 3. The lowest BCUT2D eigenvalue weighted by Crippen LogP contribution is -2.50. The standard InChI is InChI=1S/C15H20N2O4/c1-10-4-5-11(8-12(10)13(18)19)17-14(20)16-9-15(21-2)6-3-7-15/h4-5,8H,3,6-7,9H2,1-2H3,(H,18,19)(H2,16,17,20). The molecule has 0 radical (unpaired) electrons. The molecule has 1 aliphatic carbocycles. The van der Waals surface area contributed by atoms with E-state index < -0.39 is 5.97 Å². The molecule has 0 spiro atoms. The molecule has 0 bridgehead atoms. The number of anilines is 1. The van der Waals surface area contributed by atoms with Gasteiger partial charge in [-0.2, -0.15) is 0 Å². The fourth-order valence-electron chi connectivity index (χ4n) is 2.37. The van der Waals surface area contributed by atoms with Gasteiger partial charge in [-0.25, -0.2) is 9.59 Å². The summed E-state index contributed by atoms with van der Waals surface area (Å²) in [4.78, 5) is 22.9. The second-order valence-electron chi connectivity index (χ2n) is 5.38. The Bertz CT molecular complexity index is 547. The van der Waals surface area contributed by atoms with Gasteiger partial charge < -0.3 is 20.5 Å². The van der Waals surface area contributed by atoms with Gasteiger partial charge in [0.2, 0.25) is 0 Å². The van der Waals surface area contributed by atoms with E-state index in [1.54, 1.807) is 26.2 Å². The summed E-state index contributed by atoms with van der Waals surface area (Å²) >= 11 is 0. The Hall–Kier alpha value is -2.08. The second-order valence-corrected chi connectivity index (χ2v) is 5.38. The molecule has 0 saturated heterocycles. The molecular formula is C15H20N2O4. The van der Waals surface area contributed by atoms with Gasteiger partial charge >= 0.3 is 12.0 Å². The Labute approximate surface area is 123 Å². The number of nitrogens with one attached hydrogen (secondary N) is 2. The Balaban J connectivity index is 1.93. The molecular weight excluding hydrogens is 272 g/mol. The average molecular weight is 292 g/mol. The maximum Gasteiger partial charge on any atom is 0.336 e. The van der Waals surface area contributed by atoms with Gasteiger partial charge in [0, 0.05) is 19.3 Å². The smallest absolute Gasteiger partial charge is 0.336 e. The van der Waals surface area contributed by atoms with Crippen LogP contribution in [-0.4, -0.2) is 36.4 Å². The fraction of sp³-hybridized carbons (Fsp3) is 0.467. The van der Waals surface area contributed by atoms with Crippen molar-refractivity contribution in [2.24, 2.45) is 0 Å². The number of carboxylic acid groups (broad SMARTS) is 1. The number of ether oxygens (including phenoxy) is 1. The highest BCUT2D eigenvalue weighted by Gasteiger charge is 2.37. The van der Waals surface area contributed by atoms with Crippen LogP contribution in [0.5, 0.6) is 0 Å². The van der Waals surface area contributed by atoms with E-state index in [4.69, 9.17) is 9.84 Å². The van der Waals surface area contributed by atoms with Gasteiger partial charge in [-0.05, 0) is 43.9 Å². The fourth-order valence-corrected chi connectivity index (χ4v) is 2.37. The molecule has 1 aromatic rings. The van der Waals surface area contributed by atoms with Crippen LogP contribution in [0.3, 0.4) is 0 Å². The number of urea groups is 1.